The number of carbonyl (C=O) groups is 1. The highest BCUT2D eigenvalue weighted by atomic mass is 19.3. The second-order valence-corrected chi connectivity index (χ2v) is 4.63. The second-order valence-electron chi connectivity index (χ2n) is 4.63. The van der Waals surface area contributed by atoms with Gasteiger partial charge in [0.1, 0.15) is 11.9 Å². The third kappa shape index (κ3) is 3.63. The van der Waals surface area contributed by atoms with Crippen molar-refractivity contribution in [2.45, 2.75) is 26.1 Å². The van der Waals surface area contributed by atoms with Gasteiger partial charge < -0.3 is 11.1 Å². The Kier molecular flexibility index (Phi) is 4.64. The minimum atomic E-state index is -2.69. The molecule has 1 aromatic heterocycles. The quantitative estimate of drug-likeness (QED) is 0.884. The molecule has 0 fully saturated rings. The fourth-order valence-corrected chi connectivity index (χ4v) is 1.86. The lowest BCUT2D eigenvalue weighted by Crippen LogP contribution is -2.34. The average Bonchev–Trinajstić information content (AvgIpc) is 2.93. The number of nitrogens with two attached hydrogens (primary N) is 1. The number of hydrogen-bond donors (Lipinski definition) is 2. The molecule has 2 aromatic rings. The van der Waals surface area contributed by atoms with Gasteiger partial charge in [-0.1, -0.05) is 29.8 Å². The van der Waals surface area contributed by atoms with E-state index in [1.807, 2.05) is 19.1 Å². The fourth-order valence-electron chi connectivity index (χ4n) is 1.86. The van der Waals surface area contributed by atoms with Crippen LogP contribution in [0.2, 0.25) is 0 Å². The summed E-state index contributed by atoms with van der Waals surface area (Å²) in [7, 11) is 0. The standard InChI is InChI=1S/C14H16F2N4O/c1-9-2-4-10(5-3-9)12(17)13(21)19-8-11-18-6-7-20(11)14(15)16/h2-7,12,14H,8,17H2,1H3,(H,19,21). The van der Waals surface area contributed by atoms with E-state index in [0.717, 1.165) is 11.8 Å². The lowest BCUT2D eigenvalue weighted by atomic mass is 10.1. The molecule has 0 aliphatic heterocycles. The maximum absolute atomic E-state index is 12.6. The number of nitrogens with one attached hydrogen (secondary N) is 1. The van der Waals surface area contributed by atoms with Crippen LogP contribution in [-0.4, -0.2) is 15.5 Å². The molecule has 0 saturated carbocycles. The topological polar surface area (TPSA) is 72.9 Å². The Hall–Kier alpha value is -2.28. The van der Waals surface area contributed by atoms with Gasteiger partial charge in [0.25, 0.3) is 0 Å². The van der Waals surface area contributed by atoms with Crippen LogP contribution in [0.1, 0.15) is 29.5 Å². The molecular weight excluding hydrogens is 278 g/mol. The van der Waals surface area contributed by atoms with Crippen molar-refractivity contribution in [2.75, 3.05) is 0 Å². The molecule has 1 aromatic carbocycles. The number of hydrogen-bond acceptors (Lipinski definition) is 3. The van der Waals surface area contributed by atoms with Gasteiger partial charge in [0.15, 0.2) is 0 Å². The monoisotopic (exact) mass is 294 g/mol. The van der Waals surface area contributed by atoms with Crippen LogP contribution >= 0.6 is 0 Å². The van der Waals surface area contributed by atoms with Crippen LogP contribution < -0.4 is 11.1 Å². The first kappa shape index (κ1) is 15.1. The number of rotatable bonds is 5. The Morgan fingerprint density at radius 3 is 2.67 bits per heavy atom. The van der Waals surface area contributed by atoms with Crippen molar-refractivity contribution >= 4 is 5.91 Å². The molecule has 0 radical (unpaired) electrons. The molecule has 1 heterocycles. The van der Waals surface area contributed by atoms with E-state index in [4.69, 9.17) is 5.73 Å². The Morgan fingerprint density at radius 1 is 1.38 bits per heavy atom. The Bertz CT molecular complexity index is 610. The zero-order chi connectivity index (χ0) is 15.4. The normalized spacial score (nSPS) is 12.4. The SMILES string of the molecule is Cc1ccc(C(N)C(=O)NCc2nccn2C(F)F)cc1. The molecular formula is C14H16F2N4O. The summed E-state index contributed by atoms with van der Waals surface area (Å²) in [6.07, 6.45) is 2.42. The van der Waals surface area contributed by atoms with Gasteiger partial charge in [-0.05, 0) is 12.5 Å². The Balaban J connectivity index is 1.98. The average molecular weight is 294 g/mol. The van der Waals surface area contributed by atoms with Crippen molar-refractivity contribution in [1.29, 1.82) is 0 Å². The zero-order valence-electron chi connectivity index (χ0n) is 11.5. The number of benzene rings is 1. The van der Waals surface area contributed by atoms with Crippen LogP contribution in [0.15, 0.2) is 36.7 Å². The van der Waals surface area contributed by atoms with Crippen LogP contribution in [0.3, 0.4) is 0 Å². The molecule has 0 bridgehead atoms. The summed E-state index contributed by atoms with van der Waals surface area (Å²) in [5, 5.41) is 2.51. The molecule has 1 atom stereocenters. The number of aryl methyl sites for hydroxylation is 1. The van der Waals surface area contributed by atoms with Crippen LogP contribution in [0.5, 0.6) is 0 Å². The summed E-state index contributed by atoms with van der Waals surface area (Å²) >= 11 is 0. The smallest absolute Gasteiger partial charge is 0.319 e. The van der Waals surface area contributed by atoms with E-state index < -0.39 is 18.5 Å². The van der Waals surface area contributed by atoms with Gasteiger partial charge in [0.2, 0.25) is 5.91 Å². The molecule has 0 aliphatic carbocycles. The molecule has 0 spiro atoms. The van der Waals surface area contributed by atoms with Gasteiger partial charge in [-0.25, -0.2) is 4.98 Å². The van der Waals surface area contributed by atoms with E-state index in [9.17, 15) is 13.6 Å². The third-order valence-corrected chi connectivity index (χ3v) is 3.10. The number of aromatic nitrogens is 2. The fraction of sp³-hybridized carbons (Fsp3) is 0.286. The van der Waals surface area contributed by atoms with Crippen molar-refractivity contribution in [3.05, 3.63) is 53.6 Å². The number of nitrogens with zero attached hydrogens (tertiary/aromatic N) is 2. The molecule has 21 heavy (non-hydrogen) atoms. The van der Waals surface area contributed by atoms with Gasteiger partial charge in [-0.3, -0.25) is 9.36 Å². The van der Waals surface area contributed by atoms with Gasteiger partial charge in [-0.2, -0.15) is 8.78 Å². The van der Waals surface area contributed by atoms with E-state index >= 15 is 0 Å². The lowest BCUT2D eigenvalue weighted by molar-refractivity contribution is -0.122. The van der Waals surface area contributed by atoms with Crippen LogP contribution in [0.4, 0.5) is 8.78 Å². The van der Waals surface area contributed by atoms with E-state index in [1.165, 1.54) is 6.20 Å². The molecule has 0 saturated heterocycles. The first-order valence-electron chi connectivity index (χ1n) is 6.38. The van der Waals surface area contributed by atoms with Gasteiger partial charge in [0.05, 0.1) is 6.54 Å². The highest BCUT2D eigenvalue weighted by Gasteiger charge is 2.17. The summed E-state index contributed by atoms with van der Waals surface area (Å²) in [6.45, 7) is -0.861. The number of imidazole rings is 1. The zero-order valence-corrected chi connectivity index (χ0v) is 11.5. The van der Waals surface area contributed by atoms with Crippen LogP contribution in [0, 0.1) is 6.92 Å². The Labute approximate surface area is 120 Å². The van der Waals surface area contributed by atoms with Crippen LogP contribution in [-0.2, 0) is 11.3 Å². The maximum Gasteiger partial charge on any atom is 0.319 e. The first-order valence-corrected chi connectivity index (χ1v) is 6.38. The predicted octanol–water partition coefficient (Wildman–Crippen LogP) is 1.90. The molecule has 1 amide bonds. The lowest BCUT2D eigenvalue weighted by Gasteiger charge is -2.13. The molecule has 0 aliphatic rings. The molecule has 112 valence electrons. The third-order valence-electron chi connectivity index (χ3n) is 3.10. The van der Waals surface area contributed by atoms with Crippen molar-refractivity contribution in [3.63, 3.8) is 0 Å². The van der Waals surface area contributed by atoms with E-state index in [0.29, 0.717) is 10.1 Å². The summed E-state index contributed by atoms with van der Waals surface area (Å²) in [4.78, 5) is 15.7. The number of halogens is 2. The van der Waals surface area contributed by atoms with Gasteiger partial charge in [-0.15, -0.1) is 0 Å². The van der Waals surface area contributed by atoms with Crippen molar-refractivity contribution in [2.24, 2.45) is 5.73 Å². The minimum absolute atomic E-state index is 0.0782. The Morgan fingerprint density at radius 2 is 2.05 bits per heavy atom. The van der Waals surface area contributed by atoms with Crippen LogP contribution in [0.25, 0.3) is 0 Å². The predicted molar refractivity (Wildman–Crippen MR) is 73.4 cm³/mol. The number of amides is 1. The number of carbonyl (C=O) groups excluding carboxylic acids is 1. The van der Waals surface area contributed by atoms with E-state index in [-0.39, 0.29) is 12.4 Å². The van der Waals surface area contributed by atoms with E-state index in [1.54, 1.807) is 12.1 Å². The molecule has 3 N–H and O–H groups in total. The summed E-state index contributed by atoms with van der Waals surface area (Å²) in [6, 6.07) is 6.39. The highest BCUT2D eigenvalue weighted by molar-refractivity contribution is 5.82. The molecule has 7 heteroatoms. The molecule has 5 nitrogen and oxygen atoms in total. The van der Waals surface area contributed by atoms with Crippen molar-refractivity contribution < 1.29 is 13.6 Å². The first-order chi connectivity index (χ1) is 9.99. The maximum atomic E-state index is 12.6. The highest BCUT2D eigenvalue weighted by Crippen LogP contribution is 2.14. The molecule has 2 rings (SSSR count). The van der Waals surface area contributed by atoms with Crippen molar-refractivity contribution in [1.82, 2.24) is 14.9 Å². The molecule has 1 unspecified atom stereocenters. The van der Waals surface area contributed by atoms with Gasteiger partial charge >= 0.3 is 6.55 Å². The summed E-state index contributed by atoms with van der Waals surface area (Å²) < 4.78 is 26.0. The summed E-state index contributed by atoms with van der Waals surface area (Å²) in [5.41, 5.74) is 7.56. The van der Waals surface area contributed by atoms with Crippen molar-refractivity contribution in [3.8, 4) is 0 Å². The van der Waals surface area contributed by atoms with E-state index in [2.05, 4.69) is 10.3 Å². The minimum Gasteiger partial charge on any atom is -0.347 e. The van der Waals surface area contributed by atoms with Gasteiger partial charge in [0, 0.05) is 12.4 Å². The summed E-state index contributed by atoms with van der Waals surface area (Å²) in [5.74, 6) is -0.364. The second kappa shape index (κ2) is 6.45. The number of alkyl halides is 2. The largest absolute Gasteiger partial charge is 0.347 e.